The van der Waals surface area contributed by atoms with Gasteiger partial charge in [-0.05, 0) is 60.7 Å². The number of halogens is 1. The molecule has 118 valence electrons. The first kappa shape index (κ1) is 15.3. The third kappa shape index (κ3) is 2.72. The van der Waals surface area contributed by atoms with Crippen LogP contribution in [0.15, 0.2) is 42.0 Å². The topological polar surface area (TPSA) is 46.5 Å². The normalized spacial score (nSPS) is 13.7. The van der Waals surface area contributed by atoms with Gasteiger partial charge in [-0.15, -0.1) is 0 Å². The highest BCUT2D eigenvalue weighted by Gasteiger charge is 2.22. The van der Waals surface area contributed by atoms with Gasteiger partial charge in [0.25, 0.3) is 0 Å². The number of benzene rings is 2. The SMILES string of the molecule is COc1cc(F)ccc1C1=C(C)CCc2ccc(C(=O)O)cc21. The van der Waals surface area contributed by atoms with E-state index in [2.05, 4.69) is 0 Å². The molecule has 2 aromatic carbocycles. The molecular formula is C19H17FO3. The molecule has 0 aliphatic heterocycles. The van der Waals surface area contributed by atoms with Gasteiger partial charge in [-0.2, -0.15) is 0 Å². The van der Waals surface area contributed by atoms with Gasteiger partial charge >= 0.3 is 5.97 Å². The molecule has 2 aromatic rings. The molecule has 0 saturated carbocycles. The van der Waals surface area contributed by atoms with Crippen molar-refractivity contribution in [2.75, 3.05) is 7.11 Å². The van der Waals surface area contributed by atoms with Crippen LogP contribution < -0.4 is 4.74 Å². The molecule has 0 saturated heterocycles. The van der Waals surface area contributed by atoms with E-state index in [4.69, 9.17) is 4.74 Å². The molecule has 0 heterocycles. The number of carbonyl (C=O) groups is 1. The average molecular weight is 312 g/mol. The van der Waals surface area contributed by atoms with E-state index in [1.165, 1.54) is 19.2 Å². The van der Waals surface area contributed by atoms with Crippen molar-refractivity contribution in [3.8, 4) is 5.75 Å². The van der Waals surface area contributed by atoms with Crippen LogP contribution in [0.1, 0.15) is 40.4 Å². The van der Waals surface area contributed by atoms with Crippen LogP contribution >= 0.6 is 0 Å². The quantitative estimate of drug-likeness (QED) is 0.919. The summed E-state index contributed by atoms with van der Waals surface area (Å²) in [4.78, 5) is 11.3. The van der Waals surface area contributed by atoms with Gasteiger partial charge in [0.15, 0.2) is 0 Å². The molecule has 3 rings (SSSR count). The summed E-state index contributed by atoms with van der Waals surface area (Å²) < 4.78 is 18.8. The van der Waals surface area contributed by atoms with E-state index in [0.29, 0.717) is 5.75 Å². The molecule has 0 unspecified atom stereocenters. The summed E-state index contributed by atoms with van der Waals surface area (Å²) in [7, 11) is 1.51. The summed E-state index contributed by atoms with van der Waals surface area (Å²) in [6, 6.07) is 9.62. The number of carboxylic acids is 1. The van der Waals surface area contributed by atoms with Crippen molar-refractivity contribution in [3.63, 3.8) is 0 Å². The smallest absolute Gasteiger partial charge is 0.335 e. The van der Waals surface area contributed by atoms with Crippen molar-refractivity contribution in [2.24, 2.45) is 0 Å². The molecule has 0 spiro atoms. The van der Waals surface area contributed by atoms with Crippen molar-refractivity contribution < 1.29 is 19.0 Å². The van der Waals surface area contributed by atoms with Gasteiger partial charge in [0.05, 0.1) is 12.7 Å². The standard InChI is InChI=1S/C19H17FO3/c1-11-3-4-12-5-6-13(19(21)22)9-16(12)18(11)15-8-7-14(20)10-17(15)23-2/h5-10H,3-4H2,1-2H3,(H,21,22). The molecule has 0 aromatic heterocycles. The number of hydrogen-bond donors (Lipinski definition) is 1. The number of ether oxygens (including phenoxy) is 1. The number of methoxy groups -OCH3 is 1. The zero-order valence-electron chi connectivity index (χ0n) is 13.0. The third-order valence-corrected chi connectivity index (χ3v) is 4.26. The maximum atomic E-state index is 13.5. The maximum absolute atomic E-state index is 13.5. The van der Waals surface area contributed by atoms with Gasteiger partial charge in [0.2, 0.25) is 0 Å². The fourth-order valence-corrected chi connectivity index (χ4v) is 3.08. The Bertz CT molecular complexity index is 821. The van der Waals surface area contributed by atoms with Crippen LogP contribution in [-0.4, -0.2) is 18.2 Å². The van der Waals surface area contributed by atoms with Crippen molar-refractivity contribution in [1.29, 1.82) is 0 Å². The molecule has 3 nitrogen and oxygen atoms in total. The summed E-state index contributed by atoms with van der Waals surface area (Å²) in [5.74, 6) is -0.867. The van der Waals surface area contributed by atoms with Crippen molar-refractivity contribution in [3.05, 3.63) is 70.0 Å². The molecule has 0 atom stereocenters. The zero-order valence-corrected chi connectivity index (χ0v) is 13.0. The Kier molecular flexibility index (Phi) is 3.90. The minimum Gasteiger partial charge on any atom is -0.496 e. The molecule has 0 fully saturated rings. The number of carboxylic acid groups (broad SMARTS) is 1. The minimum atomic E-state index is -0.957. The summed E-state index contributed by atoms with van der Waals surface area (Å²) in [6.45, 7) is 2.02. The Morgan fingerprint density at radius 2 is 1.91 bits per heavy atom. The van der Waals surface area contributed by atoms with Gasteiger partial charge in [-0.3, -0.25) is 0 Å². The largest absolute Gasteiger partial charge is 0.496 e. The number of fused-ring (bicyclic) bond motifs is 1. The van der Waals surface area contributed by atoms with Crippen LogP contribution in [-0.2, 0) is 6.42 Å². The highest BCUT2D eigenvalue weighted by atomic mass is 19.1. The summed E-state index contributed by atoms with van der Waals surface area (Å²) in [5, 5.41) is 9.26. The molecule has 0 radical (unpaired) electrons. The molecule has 23 heavy (non-hydrogen) atoms. The fourth-order valence-electron chi connectivity index (χ4n) is 3.08. The highest BCUT2D eigenvalue weighted by Crippen LogP contribution is 2.40. The van der Waals surface area contributed by atoms with E-state index in [1.807, 2.05) is 13.0 Å². The molecular weight excluding hydrogens is 295 g/mol. The second-order valence-electron chi connectivity index (χ2n) is 5.68. The highest BCUT2D eigenvalue weighted by molar-refractivity contribution is 5.93. The fraction of sp³-hybridized carbons (Fsp3) is 0.211. The summed E-state index contributed by atoms with van der Waals surface area (Å²) in [6.07, 6.45) is 1.75. The van der Waals surface area contributed by atoms with Crippen LogP contribution in [0.5, 0.6) is 5.75 Å². The summed E-state index contributed by atoms with van der Waals surface area (Å²) in [5.41, 5.74) is 5.10. The van der Waals surface area contributed by atoms with E-state index in [1.54, 1.807) is 18.2 Å². The van der Waals surface area contributed by atoms with E-state index < -0.39 is 5.97 Å². The predicted molar refractivity (Wildman–Crippen MR) is 86.4 cm³/mol. The van der Waals surface area contributed by atoms with Crippen LogP contribution in [0, 0.1) is 5.82 Å². The van der Waals surface area contributed by atoms with Crippen molar-refractivity contribution in [1.82, 2.24) is 0 Å². The molecule has 1 aliphatic rings. The van der Waals surface area contributed by atoms with Crippen molar-refractivity contribution >= 4 is 11.5 Å². The molecule has 1 aliphatic carbocycles. The van der Waals surface area contributed by atoms with E-state index in [0.717, 1.165) is 40.7 Å². The second kappa shape index (κ2) is 5.88. The molecule has 4 heteroatoms. The maximum Gasteiger partial charge on any atom is 0.335 e. The van der Waals surface area contributed by atoms with Gasteiger partial charge in [-0.25, -0.2) is 9.18 Å². The Morgan fingerprint density at radius 3 is 2.61 bits per heavy atom. The minimum absolute atomic E-state index is 0.247. The van der Waals surface area contributed by atoms with E-state index >= 15 is 0 Å². The third-order valence-electron chi connectivity index (χ3n) is 4.26. The Morgan fingerprint density at radius 1 is 1.13 bits per heavy atom. The first-order valence-electron chi connectivity index (χ1n) is 7.41. The van der Waals surface area contributed by atoms with Gasteiger partial charge < -0.3 is 9.84 Å². The van der Waals surface area contributed by atoms with Crippen LogP contribution in [0.3, 0.4) is 0 Å². The lowest BCUT2D eigenvalue weighted by Crippen LogP contribution is -2.08. The lowest BCUT2D eigenvalue weighted by molar-refractivity contribution is 0.0697. The van der Waals surface area contributed by atoms with Gasteiger partial charge in [0.1, 0.15) is 11.6 Å². The molecule has 0 amide bonds. The van der Waals surface area contributed by atoms with Crippen LogP contribution in [0.25, 0.3) is 5.57 Å². The Balaban J connectivity index is 2.24. The average Bonchev–Trinajstić information content (AvgIpc) is 2.54. The lowest BCUT2D eigenvalue weighted by atomic mass is 9.81. The van der Waals surface area contributed by atoms with Crippen LogP contribution in [0.4, 0.5) is 4.39 Å². The second-order valence-corrected chi connectivity index (χ2v) is 5.68. The number of rotatable bonds is 3. The predicted octanol–water partition coefficient (Wildman–Crippen LogP) is 4.30. The number of hydrogen-bond acceptors (Lipinski definition) is 2. The Labute approximate surface area is 134 Å². The van der Waals surface area contributed by atoms with E-state index in [9.17, 15) is 14.3 Å². The number of aryl methyl sites for hydroxylation is 1. The van der Waals surface area contributed by atoms with Gasteiger partial charge in [-0.1, -0.05) is 11.6 Å². The van der Waals surface area contributed by atoms with E-state index in [-0.39, 0.29) is 11.4 Å². The molecule has 1 N–H and O–H groups in total. The monoisotopic (exact) mass is 312 g/mol. The lowest BCUT2D eigenvalue weighted by Gasteiger charge is -2.24. The first-order valence-corrected chi connectivity index (χ1v) is 7.41. The first-order chi connectivity index (χ1) is 11.0. The molecule has 0 bridgehead atoms. The summed E-state index contributed by atoms with van der Waals surface area (Å²) >= 11 is 0. The zero-order chi connectivity index (χ0) is 16.6. The van der Waals surface area contributed by atoms with Crippen molar-refractivity contribution in [2.45, 2.75) is 19.8 Å². The Hall–Kier alpha value is -2.62. The van der Waals surface area contributed by atoms with Gasteiger partial charge in [0, 0.05) is 11.6 Å². The number of allylic oxidation sites excluding steroid dienone is 1. The number of aromatic carboxylic acids is 1. The van der Waals surface area contributed by atoms with Crippen LogP contribution in [0.2, 0.25) is 0 Å².